The molecule has 1 aromatic carbocycles. The van der Waals surface area contributed by atoms with Crippen molar-refractivity contribution < 1.29 is 14.0 Å². The minimum atomic E-state index is -0.295. The van der Waals surface area contributed by atoms with Gasteiger partial charge in [-0.2, -0.15) is 0 Å². The highest BCUT2D eigenvalue weighted by Crippen LogP contribution is 2.36. The van der Waals surface area contributed by atoms with E-state index in [-0.39, 0.29) is 18.3 Å². The second-order valence-corrected chi connectivity index (χ2v) is 6.83. The molecule has 5 heteroatoms. The standard InChI is InChI=1S/C16H24BNO3/c1-15(2)16(3,4)21-17(20-15)13-6-8-14(9-7-13)18-10-5-11-19-12-18/h6-9H,5,10-12H2,1-4H3. The van der Waals surface area contributed by atoms with Gasteiger partial charge in [-0.3, -0.25) is 0 Å². The monoisotopic (exact) mass is 289 g/mol. The molecule has 0 radical (unpaired) electrons. The predicted molar refractivity (Wildman–Crippen MR) is 84.9 cm³/mol. The lowest BCUT2D eigenvalue weighted by Gasteiger charge is -2.32. The van der Waals surface area contributed by atoms with Crippen molar-refractivity contribution in [3.63, 3.8) is 0 Å². The first-order valence-electron chi connectivity index (χ1n) is 7.67. The average molecular weight is 289 g/mol. The molecule has 4 nitrogen and oxygen atoms in total. The van der Waals surface area contributed by atoms with E-state index in [0.29, 0.717) is 6.73 Å². The van der Waals surface area contributed by atoms with E-state index < -0.39 is 0 Å². The Morgan fingerprint density at radius 2 is 1.62 bits per heavy atom. The smallest absolute Gasteiger partial charge is 0.399 e. The molecular weight excluding hydrogens is 265 g/mol. The van der Waals surface area contributed by atoms with E-state index in [1.807, 2.05) is 0 Å². The van der Waals surface area contributed by atoms with Gasteiger partial charge in [0.2, 0.25) is 0 Å². The van der Waals surface area contributed by atoms with Crippen LogP contribution in [0.25, 0.3) is 0 Å². The number of anilines is 1. The number of hydrogen-bond acceptors (Lipinski definition) is 4. The molecule has 3 rings (SSSR count). The van der Waals surface area contributed by atoms with Crippen LogP contribution in [0, 0.1) is 0 Å². The van der Waals surface area contributed by atoms with Crippen molar-refractivity contribution in [3.05, 3.63) is 24.3 Å². The van der Waals surface area contributed by atoms with Crippen LogP contribution in [0.4, 0.5) is 5.69 Å². The SMILES string of the molecule is CC1(C)OB(c2ccc(N3CCCOC3)cc2)OC1(C)C. The zero-order chi connectivity index (χ0) is 15.1. The zero-order valence-electron chi connectivity index (χ0n) is 13.4. The lowest BCUT2D eigenvalue weighted by atomic mass is 9.79. The molecule has 0 aromatic heterocycles. The van der Waals surface area contributed by atoms with E-state index in [9.17, 15) is 0 Å². The van der Waals surface area contributed by atoms with Crippen LogP contribution in [0.1, 0.15) is 34.1 Å². The zero-order valence-corrected chi connectivity index (χ0v) is 13.4. The predicted octanol–water partition coefficient (Wildman–Crippen LogP) is 2.17. The maximum absolute atomic E-state index is 6.07. The topological polar surface area (TPSA) is 30.9 Å². The molecule has 0 N–H and O–H groups in total. The number of nitrogens with zero attached hydrogens (tertiary/aromatic N) is 1. The lowest BCUT2D eigenvalue weighted by molar-refractivity contribution is 0.00578. The summed E-state index contributed by atoms with van der Waals surface area (Å²) in [7, 11) is -0.290. The van der Waals surface area contributed by atoms with Crippen LogP contribution >= 0.6 is 0 Å². The molecule has 0 spiro atoms. The minimum absolute atomic E-state index is 0.290. The minimum Gasteiger partial charge on any atom is -0.399 e. The molecule has 114 valence electrons. The Bertz CT molecular complexity index is 479. The molecule has 0 aliphatic carbocycles. The second kappa shape index (κ2) is 5.31. The van der Waals surface area contributed by atoms with Crippen LogP contribution in [0.3, 0.4) is 0 Å². The Morgan fingerprint density at radius 3 is 2.14 bits per heavy atom. The fourth-order valence-corrected chi connectivity index (χ4v) is 2.62. The first-order chi connectivity index (χ1) is 9.89. The molecule has 21 heavy (non-hydrogen) atoms. The van der Waals surface area contributed by atoms with Crippen LogP contribution in [0.2, 0.25) is 0 Å². The molecule has 0 atom stereocenters. The van der Waals surface area contributed by atoms with E-state index in [2.05, 4.69) is 56.9 Å². The van der Waals surface area contributed by atoms with Crippen molar-refractivity contribution in [1.82, 2.24) is 0 Å². The molecule has 2 fully saturated rings. The van der Waals surface area contributed by atoms with Crippen molar-refractivity contribution in [2.45, 2.75) is 45.3 Å². The summed E-state index contributed by atoms with van der Waals surface area (Å²) in [5.41, 5.74) is 1.67. The Kier molecular flexibility index (Phi) is 3.76. The van der Waals surface area contributed by atoms with Gasteiger partial charge in [-0.1, -0.05) is 12.1 Å². The van der Waals surface area contributed by atoms with Crippen molar-refractivity contribution in [1.29, 1.82) is 0 Å². The third-order valence-corrected chi connectivity index (χ3v) is 4.75. The summed E-state index contributed by atoms with van der Waals surface area (Å²) in [6, 6.07) is 8.42. The summed E-state index contributed by atoms with van der Waals surface area (Å²) in [4.78, 5) is 2.25. The van der Waals surface area contributed by atoms with Gasteiger partial charge in [-0.25, -0.2) is 0 Å². The summed E-state index contributed by atoms with van der Waals surface area (Å²) in [6.07, 6.45) is 1.08. The highest BCUT2D eigenvalue weighted by molar-refractivity contribution is 6.62. The van der Waals surface area contributed by atoms with Gasteiger partial charge in [0.1, 0.15) is 6.73 Å². The number of ether oxygens (including phenoxy) is 1. The highest BCUT2D eigenvalue weighted by atomic mass is 16.7. The largest absolute Gasteiger partial charge is 0.494 e. The van der Waals surface area contributed by atoms with Gasteiger partial charge in [0.15, 0.2) is 0 Å². The van der Waals surface area contributed by atoms with Crippen LogP contribution < -0.4 is 10.4 Å². The molecule has 0 bridgehead atoms. The third kappa shape index (κ3) is 2.82. The maximum atomic E-state index is 6.07. The summed E-state index contributed by atoms with van der Waals surface area (Å²) in [6.45, 7) is 10.9. The Labute approximate surface area is 127 Å². The van der Waals surface area contributed by atoms with Crippen molar-refractivity contribution in [3.8, 4) is 0 Å². The van der Waals surface area contributed by atoms with E-state index >= 15 is 0 Å². The van der Waals surface area contributed by atoms with Gasteiger partial charge in [-0.15, -0.1) is 0 Å². The van der Waals surface area contributed by atoms with Gasteiger partial charge < -0.3 is 18.9 Å². The molecule has 2 aliphatic heterocycles. The van der Waals surface area contributed by atoms with Crippen LogP contribution in [-0.4, -0.2) is 38.2 Å². The van der Waals surface area contributed by atoms with Crippen LogP contribution in [0.5, 0.6) is 0 Å². The molecule has 0 unspecified atom stereocenters. The second-order valence-electron chi connectivity index (χ2n) is 6.83. The van der Waals surface area contributed by atoms with Gasteiger partial charge in [0.25, 0.3) is 0 Å². The van der Waals surface area contributed by atoms with E-state index in [4.69, 9.17) is 14.0 Å². The molecule has 0 amide bonds. The average Bonchev–Trinajstić information content (AvgIpc) is 2.69. The van der Waals surface area contributed by atoms with E-state index in [1.54, 1.807) is 0 Å². The van der Waals surface area contributed by atoms with Crippen LogP contribution in [0.15, 0.2) is 24.3 Å². The van der Waals surface area contributed by atoms with E-state index in [0.717, 1.165) is 25.0 Å². The summed E-state index contributed by atoms with van der Waals surface area (Å²) in [5.74, 6) is 0. The fraction of sp³-hybridized carbons (Fsp3) is 0.625. The number of rotatable bonds is 2. The van der Waals surface area contributed by atoms with Gasteiger partial charge in [0.05, 0.1) is 17.8 Å². The quantitative estimate of drug-likeness (QED) is 0.781. The van der Waals surface area contributed by atoms with Crippen molar-refractivity contribution in [2.24, 2.45) is 0 Å². The molecule has 2 heterocycles. The van der Waals surface area contributed by atoms with Crippen molar-refractivity contribution >= 4 is 18.3 Å². The highest BCUT2D eigenvalue weighted by Gasteiger charge is 2.51. The Hall–Kier alpha value is -1.04. The van der Waals surface area contributed by atoms with Crippen LogP contribution in [-0.2, 0) is 14.0 Å². The normalized spacial score (nSPS) is 24.4. The molecule has 0 saturated carbocycles. The Morgan fingerprint density at radius 1 is 1.00 bits per heavy atom. The maximum Gasteiger partial charge on any atom is 0.494 e. The van der Waals surface area contributed by atoms with Crippen molar-refractivity contribution in [2.75, 3.05) is 24.8 Å². The molecule has 2 saturated heterocycles. The fourth-order valence-electron chi connectivity index (χ4n) is 2.62. The van der Waals surface area contributed by atoms with Gasteiger partial charge >= 0.3 is 7.12 Å². The molecular formula is C16H24BNO3. The number of hydrogen-bond donors (Lipinski definition) is 0. The molecule has 1 aromatic rings. The van der Waals surface area contributed by atoms with Gasteiger partial charge in [0, 0.05) is 12.2 Å². The van der Waals surface area contributed by atoms with Gasteiger partial charge in [-0.05, 0) is 51.7 Å². The third-order valence-electron chi connectivity index (χ3n) is 4.75. The Balaban J connectivity index is 1.73. The summed E-state index contributed by atoms with van der Waals surface area (Å²) in [5, 5.41) is 0. The number of benzene rings is 1. The summed E-state index contributed by atoms with van der Waals surface area (Å²) >= 11 is 0. The molecule has 2 aliphatic rings. The summed E-state index contributed by atoms with van der Waals surface area (Å²) < 4.78 is 17.6. The first-order valence-corrected chi connectivity index (χ1v) is 7.67. The first kappa shape index (κ1) is 14.9. The van der Waals surface area contributed by atoms with E-state index in [1.165, 1.54) is 5.69 Å². The lowest BCUT2D eigenvalue weighted by Crippen LogP contribution is -2.41.